The van der Waals surface area contributed by atoms with E-state index in [0.29, 0.717) is 0 Å². The summed E-state index contributed by atoms with van der Waals surface area (Å²) in [6.45, 7) is 2.79. The minimum Gasteiger partial charge on any atom is -0.493 e. The molecule has 0 radical (unpaired) electrons. The molecule has 0 amide bonds. The van der Waals surface area contributed by atoms with Gasteiger partial charge < -0.3 is 9.47 Å². The Morgan fingerprint density at radius 2 is 1.70 bits per heavy atom. The lowest BCUT2D eigenvalue weighted by atomic mass is 9.98. The molecular weight excluding hydrogens is 333 g/mol. The lowest BCUT2D eigenvalue weighted by Gasteiger charge is -2.29. The molecular formula is C18H21Cl2NO2. The lowest BCUT2D eigenvalue weighted by Crippen LogP contribution is -2.30. The predicted molar refractivity (Wildman–Crippen MR) is 96.1 cm³/mol. The van der Waals surface area contributed by atoms with Gasteiger partial charge in [-0.2, -0.15) is 0 Å². The van der Waals surface area contributed by atoms with Gasteiger partial charge in [-0.25, -0.2) is 0 Å². The number of ether oxygens (including phenoxy) is 2. The molecule has 0 fully saturated rings. The van der Waals surface area contributed by atoms with Gasteiger partial charge in [-0.15, -0.1) is 12.4 Å². The van der Waals surface area contributed by atoms with Crippen molar-refractivity contribution in [3.05, 3.63) is 58.1 Å². The molecule has 1 aliphatic heterocycles. The minimum absolute atomic E-state index is 0. The van der Waals surface area contributed by atoms with Gasteiger partial charge in [0.05, 0.1) is 14.2 Å². The second-order valence-corrected chi connectivity index (χ2v) is 5.94. The summed E-state index contributed by atoms with van der Waals surface area (Å²) in [6, 6.07) is 12.2. The van der Waals surface area contributed by atoms with E-state index >= 15 is 0 Å². The molecule has 2 aromatic rings. The zero-order chi connectivity index (χ0) is 15.5. The molecule has 0 saturated heterocycles. The summed E-state index contributed by atoms with van der Waals surface area (Å²) in [5.74, 6) is 1.60. The Bertz CT molecular complexity index is 676. The monoisotopic (exact) mass is 353 g/mol. The van der Waals surface area contributed by atoms with Crippen LogP contribution in [-0.2, 0) is 19.5 Å². The third-order valence-electron chi connectivity index (χ3n) is 4.15. The first-order valence-corrected chi connectivity index (χ1v) is 7.78. The normalized spacial score (nSPS) is 13.9. The molecule has 1 heterocycles. The summed E-state index contributed by atoms with van der Waals surface area (Å²) < 4.78 is 10.8. The number of rotatable bonds is 4. The molecule has 3 nitrogen and oxygen atoms in total. The van der Waals surface area contributed by atoms with Gasteiger partial charge in [-0.1, -0.05) is 29.8 Å². The molecule has 23 heavy (non-hydrogen) atoms. The van der Waals surface area contributed by atoms with Crippen LogP contribution >= 0.6 is 24.0 Å². The number of hydrogen-bond donors (Lipinski definition) is 0. The Kier molecular flexibility index (Phi) is 6.17. The molecule has 0 bridgehead atoms. The summed E-state index contributed by atoms with van der Waals surface area (Å²) in [5.41, 5.74) is 3.82. The first kappa shape index (κ1) is 17.9. The summed E-state index contributed by atoms with van der Waals surface area (Å²) in [5, 5.41) is 0.834. The van der Waals surface area contributed by atoms with Crippen molar-refractivity contribution in [3.8, 4) is 11.5 Å². The fourth-order valence-corrected chi connectivity index (χ4v) is 3.14. The van der Waals surface area contributed by atoms with E-state index in [0.717, 1.165) is 42.6 Å². The van der Waals surface area contributed by atoms with E-state index < -0.39 is 0 Å². The van der Waals surface area contributed by atoms with Crippen molar-refractivity contribution in [2.45, 2.75) is 19.5 Å². The van der Waals surface area contributed by atoms with Crippen molar-refractivity contribution in [1.82, 2.24) is 4.90 Å². The number of methoxy groups -OCH3 is 2. The molecule has 0 atom stereocenters. The highest BCUT2D eigenvalue weighted by molar-refractivity contribution is 6.31. The SMILES string of the molecule is COc1cc2c(cc1OC)CN(Cc1ccccc1Cl)CC2.Cl. The van der Waals surface area contributed by atoms with Crippen LogP contribution in [0.1, 0.15) is 16.7 Å². The lowest BCUT2D eigenvalue weighted by molar-refractivity contribution is 0.244. The number of hydrogen-bond acceptors (Lipinski definition) is 3. The Labute approximate surface area is 148 Å². The van der Waals surface area contributed by atoms with Gasteiger partial charge >= 0.3 is 0 Å². The average Bonchev–Trinajstić information content (AvgIpc) is 2.55. The molecule has 3 rings (SSSR count). The third kappa shape index (κ3) is 3.92. The van der Waals surface area contributed by atoms with E-state index in [-0.39, 0.29) is 12.4 Å². The number of fused-ring (bicyclic) bond motifs is 1. The van der Waals surface area contributed by atoms with Crippen LogP contribution in [-0.4, -0.2) is 25.7 Å². The van der Waals surface area contributed by atoms with Gasteiger partial charge in [0.2, 0.25) is 0 Å². The molecule has 0 aromatic heterocycles. The standard InChI is InChI=1S/C18H20ClNO2.ClH/c1-21-17-9-13-7-8-20(12-15(13)10-18(17)22-2)11-14-5-3-4-6-16(14)19;/h3-6,9-10H,7-8,11-12H2,1-2H3;1H. The molecule has 1 aliphatic rings. The third-order valence-corrected chi connectivity index (χ3v) is 4.52. The summed E-state index contributed by atoms with van der Waals surface area (Å²) in [7, 11) is 3.35. The highest BCUT2D eigenvalue weighted by Gasteiger charge is 2.20. The maximum Gasteiger partial charge on any atom is 0.161 e. The Morgan fingerprint density at radius 3 is 2.35 bits per heavy atom. The van der Waals surface area contributed by atoms with E-state index in [1.54, 1.807) is 14.2 Å². The fourth-order valence-electron chi connectivity index (χ4n) is 2.94. The fraction of sp³-hybridized carbons (Fsp3) is 0.333. The summed E-state index contributed by atoms with van der Waals surface area (Å²) in [4.78, 5) is 2.41. The second-order valence-electron chi connectivity index (χ2n) is 5.53. The van der Waals surface area contributed by atoms with E-state index in [9.17, 15) is 0 Å². The molecule has 124 valence electrons. The summed E-state index contributed by atoms with van der Waals surface area (Å²) >= 11 is 6.27. The van der Waals surface area contributed by atoms with Gasteiger partial charge in [0.15, 0.2) is 11.5 Å². The molecule has 0 N–H and O–H groups in total. The molecule has 5 heteroatoms. The molecule has 0 unspecified atom stereocenters. The zero-order valence-electron chi connectivity index (χ0n) is 13.3. The smallest absolute Gasteiger partial charge is 0.161 e. The first-order chi connectivity index (χ1) is 10.7. The van der Waals surface area contributed by atoms with Crippen molar-refractivity contribution in [2.24, 2.45) is 0 Å². The number of halogens is 2. The molecule has 2 aromatic carbocycles. The van der Waals surface area contributed by atoms with Gasteiger partial charge in [0, 0.05) is 24.7 Å². The van der Waals surface area contributed by atoms with Gasteiger partial charge in [0.25, 0.3) is 0 Å². The topological polar surface area (TPSA) is 21.7 Å². The summed E-state index contributed by atoms with van der Waals surface area (Å²) in [6.07, 6.45) is 1.01. The Balaban J connectivity index is 0.00000192. The number of benzene rings is 2. The highest BCUT2D eigenvalue weighted by atomic mass is 35.5. The van der Waals surface area contributed by atoms with Crippen molar-refractivity contribution >= 4 is 24.0 Å². The molecule has 0 aliphatic carbocycles. The van der Waals surface area contributed by atoms with Crippen molar-refractivity contribution in [2.75, 3.05) is 20.8 Å². The van der Waals surface area contributed by atoms with E-state index in [2.05, 4.69) is 23.1 Å². The maximum absolute atomic E-state index is 6.27. The van der Waals surface area contributed by atoms with Crippen LogP contribution in [0.3, 0.4) is 0 Å². The maximum atomic E-state index is 6.27. The van der Waals surface area contributed by atoms with Gasteiger partial charge in [0.1, 0.15) is 0 Å². The van der Waals surface area contributed by atoms with E-state index in [4.69, 9.17) is 21.1 Å². The largest absolute Gasteiger partial charge is 0.493 e. The zero-order valence-corrected chi connectivity index (χ0v) is 14.9. The van der Waals surface area contributed by atoms with Gasteiger partial charge in [-0.05, 0) is 41.3 Å². The highest BCUT2D eigenvalue weighted by Crippen LogP contribution is 2.33. The van der Waals surface area contributed by atoms with Crippen molar-refractivity contribution < 1.29 is 9.47 Å². The Morgan fingerprint density at radius 1 is 1.04 bits per heavy atom. The van der Waals surface area contributed by atoms with E-state index in [1.165, 1.54) is 16.7 Å². The van der Waals surface area contributed by atoms with Crippen LogP contribution in [0.5, 0.6) is 11.5 Å². The van der Waals surface area contributed by atoms with Crippen LogP contribution in [0.25, 0.3) is 0 Å². The molecule has 0 spiro atoms. The van der Waals surface area contributed by atoms with Crippen LogP contribution in [0.4, 0.5) is 0 Å². The average molecular weight is 354 g/mol. The Hall–Kier alpha value is -1.42. The van der Waals surface area contributed by atoms with Crippen molar-refractivity contribution in [1.29, 1.82) is 0 Å². The first-order valence-electron chi connectivity index (χ1n) is 7.41. The minimum atomic E-state index is 0. The number of nitrogens with zero attached hydrogens (tertiary/aromatic N) is 1. The van der Waals surface area contributed by atoms with Crippen LogP contribution < -0.4 is 9.47 Å². The second kappa shape index (κ2) is 7.91. The van der Waals surface area contributed by atoms with E-state index in [1.807, 2.05) is 18.2 Å². The van der Waals surface area contributed by atoms with Crippen LogP contribution in [0.2, 0.25) is 5.02 Å². The van der Waals surface area contributed by atoms with Crippen LogP contribution in [0, 0.1) is 0 Å². The van der Waals surface area contributed by atoms with Crippen molar-refractivity contribution in [3.63, 3.8) is 0 Å². The predicted octanol–water partition coefficient (Wildman–Crippen LogP) is 4.34. The quantitative estimate of drug-likeness (QED) is 0.815. The van der Waals surface area contributed by atoms with Gasteiger partial charge in [-0.3, -0.25) is 4.90 Å². The molecule has 0 saturated carbocycles. The van der Waals surface area contributed by atoms with Crippen LogP contribution in [0.15, 0.2) is 36.4 Å².